The number of amides is 10. The molecule has 10 atom stereocenters. The van der Waals surface area contributed by atoms with Gasteiger partial charge in [-0.3, -0.25) is 57.5 Å². The van der Waals surface area contributed by atoms with Crippen LogP contribution in [0.1, 0.15) is 160 Å². The zero-order valence-electron chi connectivity index (χ0n) is 61.8. The Morgan fingerprint density at radius 2 is 1.30 bits per heavy atom. The average Bonchev–Trinajstić information content (AvgIpc) is 1.75. The lowest BCUT2D eigenvalue weighted by atomic mass is 9.90. The zero-order valence-corrected chi connectivity index (χ0v) is 61.8. The molecule has 0 spiro atoms. The minimum atomic E-state index is -5.32. The van der Waals surface area contributed by atoms with E-state index in [0.717, 1.165) is 16.0 Å². The van der Waals surface area contributed by atoms with Gasteiger partial charge in [-0.15, -0.1) is 0 Å². The van der Waals surface area contributed by atoms with Gasteiger partial charge in [0.05, 0.1) is 19.0 Å². The fraction of sp³-hybridized carbons (Fsp3) is 0.671. The minimum absolute atomic E-state index is 0.0218. The summed E-state index contributed by atoms with van der Waals surface area (Å²) in [6.45, 7) is 10.8. The maximum atomic E-state index is 15.5. The number of nitrogens with one attached hydrogen (secondary N) is 5. The van der Waals surface area contributed by atoms with Gasteiger partial charge in [0.2, 0.25) is 59.1 Å². The third-order valence-corrected chi connectivity index (χ3v) is 21.1. The molecule has 2 aliphatic carbocycles. The number of likely N-dealkylation sites (tertiary alicyclic amines) is 2. The second kappa shape index (κ2) is 37.0. The molecule has 2 aromatic carbocycles. The number of likely N-dealkylation sites (N-methyl/N-ethyl adjacent to an activating group) is 6. The predicted octanol–water partition coefficient (Wildman–Crippen LogP) is 4.77. The highest BCUT2D eigenvalue weighted by Crippen LogP contribution is 2.38. The number of nitrogens with zero attached hydrogens (tertiary/aromatic N) is 7. The van der Waals surface area contributed by atoms with Crippen molar-refractivity contribution in [3.05, 3.63) is 70.3 Å². The third-order valence-electron chi connectivity index (χ3n) is 21.1. The largest absolute Gasteiger partial charge is 0.480 e. The molecule has 30 heteroatoms. The van der Waals surface area contributed by atoms with Gasteiger partial charge < -0.3 is 66.0 Å². The van der Waals surface area contributed by atoms with Gasteiger partial charge >= 0.3 is 12.1 Å². The first-order valence-electron chi connectivity index (χ1n) is 35.9. The second-order valence-electron chi connectivity index (χ2n) is 29.1. The van der Waals surface area contributed by atoms with E-state index in [1.165, 1.54) is 85.7 Å². The molecule has 0 unspecified atom stereocenters. The Bertz CT molecular complexity index is 3360. The predicted molar refractivity (Wildman–Crippen MR) is 372 cm³/mol. The molecular weight excluding hydrogens is 1350 g/mol. The highest BCUT2D eigenvalue weighted by molar-refractivity contribution is 6.00. The zero-order chi connectivity index (χ0) is 76.7. The molecule has 0 radical (unpaired) electrons. The van der Waals surface area contributed by atoms with Crippen molar-refractivity contribution in [2.24, 2.45) is 17.8 Å². The summed E-state index contributed by atoms with van der Waals surface area (Å²) in [5.41, 5.74) is -2.05. The number of carbonyl (C=O) groups is 12. The van der Waals surface area contributed by atoms with E-state index in [2.05, 4.69) is 26.6 Å². The molecule has 2 aromatic rings. The molecule has 0 aromatic heterocycles. The van der Waals surface area contributed by atoms with Crippen LogP contribution in [0.2, 0.25) is 0 Å². The van der Waals surface area contributed by atoms with Crippen LogP contribution in [0.4, 0.5) is 22.0 Å². The van der Waals surface area contributed by atoms with Crippen molar-refractivity contribution >= 4 is 70.8 Å². The van der Waals surface area contributed by atoms with Crippen LogP contribution in [0.3, 0.4) is 0 Å². The summed E-state index contributed by atoms with van der Waals surface area (Å²) >= 11 is 0. The van der Waals surface area contributed by atoms with E-state index in [4.69, 9.17) is 0 Å². The van der Waals surface area contributed by atoms with Crippen LogP contribution < -0.4 is 26.6 Å². The maximum Gasteiger partial charge on any atom is 0.422 e. The Morgan fingerprint density at radius 3 is 1.84 bits per heavy atom. The van der Waals surface area contributed by atoms with E-state index in [9.17, 15) is 75.0 Å². The minimum Gasteiger partial charge on any atom is -0.480 e. The molecule has 6 rings (SSSR count). The summed E-state index contributed by atoms with van der Waals surface area (Å²) < 4.78 is 69.5. The number of halogens is 5. The van der Waals surface area contributed by atoms with Crippen LogP contribution in [0.25, 0.3) is 0 Å². The molecule has 2 aliphatic heterocycles. The molecule has 10 amide bonds. The van der Waals surface area contributed by atoms with Gasteiger partial charge in [-0.05, 0) is 133 Å². The Balaban J connectivity index is 1.15. The van der Waals surface area contributed by atoms with E-state index in [-0.39, 0.29) is 94.8 Å². The molecule has 572 valence electrons. The lowest BCUT2D eigenvalue weighted by Crippen LogP contribution is -2.65. The van der Waals surface area contributed by atoms with Crippen molar-refractivity contribution in [2.75, 3.05) is 75.5 Å². The summed E-state index contributed by atoms with van der Waals surface area (Å²) in [6, 6.07) is -2.08. The van der Waals surface area contributed by atoms with Gasteiger partial charge in [-0.1, -0.05) is 89.6 Å². The number of hydrogen-bond acceptors (Lipinski definition) is 14. The normalized spacial score (nSPS) is 19.0. The Morgan fingerprint density at radius 1 is 0.689 bits per heavy atom. The number of aryl methyl sites for hydroxylation is 2. The van der Waals surface area contributed by atoms with E-state index >= 15 is 9.59 Å². The quantitative estimate of drug-likeness (QED) is 0.0507. The number of ketones is 1. The van der Waals surface area contributed by atoms with Crippen LogP contribution in [-0.4, -0.2) is 246 Å². The molecule has 2 saturated heterocycles. The summed E-state index contributed by atoms with van der Waals surface area (Å²) in [7, 11) is 10.0. The molecule has 2 heterocycles. The van der Waals surface area contributed by atoms with Crippen molar-refractivity contribution in [1.29, 1.82) is 0 Å². The highest BCUT2D eigenvalue weighted by atomic mass is 19.4. The van der Waals surface area contributed by atoms with Crippen LogP contribution in [0.15, 0.2) is 36.4 Å². The number of benzene rings is 2. The lowest BCUT2D eigenvalue weighted by molar-refractivity contribution is -0.156. The standard InChI is InChI=1S/C73H107F5N12O13/c1-14-44(5)61(68(99)85(10)45(6)65(96)90-35-30-53(90)57(91)29-33-80-52(70(101)102)39-46-25-23-43(4)24-26-46)82-63(94)55(36-42(2)3)86(11)59(93)40-56(67(98)84(8)9)87(12)69(100)62(48-20-15-16-21-48)88(13)71(103)72(31-17-18-32-72)83-64(95)54-22-19-34-89(54)66(97)51(81-58(92)41-79-7)28-27-47-37-49(74)60(50(75)38-47)73(76,77)78/h23-26,37-38,42,44-45,48,51-56,61-62,79-80H,14-22,27-36,39-41H2,1-13H3,(H,81,92)(H,82,94)(H,83,95)(H,101,102)/t44-,45-,51-,52-,53-,54-,55-,56-,61-,62-/m0/s1. The van der Waals surface area contributed by atoms with E-state index < -0.39 is 167 Å². The van der Waals surface area contributed by atoms with Crippen molar-refractivity contribution in [1.82, 2.24) is 60.9 Å². The van der Waals surface area contributed by atoms with Crippen molar-refractivity contribution < 1.29 is 84.6 Å². The molecule has 4 fully saturated rings. The van der Waals surface area contributed by atoms with Crippen molar-refractivity contribution in [2.45, 2.75) is 223 Å². The highest BCUT2D eigenvalue weighted by Gasteiger charge is 2.52. The summed E-state index contributed by atoms with van der Waals surface area (Å²) in [4.78, 5) is 180. The number of alkyl halides is 3. The third kappa shape index (κ3) is 21.1. The summed E-state index contributed by atoms with van der Waals surface area (Å²) in [5.74, 6) is -12.8. The van der Waals surface area contributed by atoms with Crippen LogP contribution in [0, 0.1) is 36.3 Å². The van der Waals surface area contributed by atoms with E-state index in [0.29, 0.717) is 69.9 Å². The molecular formula is C73H107F5N12O13. The summed E-state index contributed by atoms with van der Waals surface area (Å²) in [5, 5.41) is 23.9. The molecule has 103 heavy (non-hydrogen) atoms. The fourth-order valence-corrected chi connectivity index (χ4v) is 14.5. The van der Waals surface area contributed by atoms with Crippen molar-refractivity contribution in [3.8, 4) is 0 Å². The Labute approximate surface area is 600 Å². The van der Waals surface area contributed by atoms with Crippen LogP contribution in [0.5, 0.6) is 0 Å². The van der Waals surface area contributed by atoms with Gasteiger partial charge in [-0.25, -0.2) is 8.78 Å². The molecule has 0 bridgehead atoms. The van der Waals surface area contributed by atoms with E-state index in [1.807, 2.05) is 52.0 Å². The van der Waals surface area contributed by atoms with E-state index in [1.54, 1.807) is 6.92 Å². The first-order chi connectivity index (χ1) is 48.4. The number of aliphatic carboxylic acids is 1. The fourth-order valence-electron chi connectivity index (χ4n) is 14.5. The smallest absolute Gasteiger partial charge is 0.422 e. The first kappa shape index (κ1) is 83.8. The number of Topliss-reactive ketones (excluding diaryl/α,β-unsaturated/α-hetero) is 1. The SMILES string of the molecule is CC[C@H](C)[C@H](NC(=O)[C@H](CC(C)C)N(C)C(=O)C[C@@H](C(=O)N(C)C)N(C)C(=O)[C@H](C1CCCC1)N(C)C(=O)C1(NC(=O)[C@@H]2CCCN2C(=O)[C@H](CCc2cc(F)c(C(F)(F)F)c(F)c2)NC(=O)CNC)CCCC1)C(=O)N(C)[C@@H](C)C(=O)N1CC[C@H]1C(=O)CCN[C@@H](Cc1ccc(C)cc1)C(=O)O. The van der Waals surface area contributed by atoms with Crippen LogP contribution >= 0.6 is 0 Å². The topological polar surface area (TPSA) is 308 Å². The number of hydrogen-bond donors (Lipinski definition) is 6. The first-order valence-corrected chi connectivity index (χ1v) is 35.9. The average molecular weight is 1460 g/mol. The van der Waals surface area contributed by atoms with Crippen LogP contribution in [-0.2, 0) is 76.6 Å². The number of carbonyl (C=O) groups excluding carboxylic acids is 11. The van der Waals surface area contributed by atoms with Gasteiger partial charge in [0, 0.05) is 68.3 Å². The maximum absolute atomic E-state index is 15.5. The monoisotopic (exact) mass is 1450 g/mol. The molecule has 6 N–H and O–H groups in total. The van der Waals surface area contributed by atoms with Gasteiger partial charge in [0.25, 0.3) is 0 Å². The molecule has 4 aliphatic rings. The summed E-state index contributed by atoms with van der Waals surface area (Å²) in [6.07, 6.45) is -1.50. The second-order valence-corrected chi connectivity index (χ2v) is 29.1. The van der Waals surface area contributed by atoms with Gasteiger partial charge in [0.1, 0.15) is 71.1 Å². The number of carboxylic acids is 1. The van der Waals surface area contributed by atoms with Gasteiger partial charge in [-0.2, -0.15) is 13.2 Å². The lowest BCUT2D eigenvalue weighted by Gasteiger charge is -2.43. The number of rotatable bonds is 35. The van der Waals surface area contributed by atoms with Crippen molar-refractivity contribution in [3.63, 3.8) is 0 Å². The molecule has 2 saturated carbocycles. The van der Waals surface area contributed by atoms with Gasteiger partial charge in [0.15, 0.2) is 5.78 Å². The number of carboxylic acid groups (broad SMARTS) is 1. The molecule has 25 nitrogen and oxygen atoms in total. The Kier molecular flexibility index (Phi) is 30.1. The Hall–Kier alpha value is -8.15.